The number of nitrogens with zero attached hydrogens (tertiary/aromatic N) is 2. The Bertz CT molecular complexity index is 613. The van der Waals surface area contributed by atoms with Crippen LogP contribution < -0.4 is 9.47 Å². The minimum Gasteiger partial charge on any atom is -0.493 e. The van der Waals surface area contributed by atoms with Gasteiger partial charge in [-0.15, -0.1) is 0 Å². The lowest BCUT2D eigenvalue weighted by atomic mass is 10.0. The number of benzene rings is 1. The zero-order chi connectivity index (χ0) is 15.4. The summed E-state index contributed by atoms with van der Waals surface area (Å²) in [5, 5.41) is 15.4. The van der Waals surface area contributed by atoms with Crippen molar-refractivity contribution in [2.45, 2.75) is 26.0 Å². The molecule has 2 aromatic rings. The number of ether oxygens (including phenoxy) is 2. The third kappa shape index (κ3) is 2.99. The Labute approximate surface area is 129 Å². The van der Waals surface area contributed by atoms with Crippen molar-refractivity contribution < 1.29 is 14.6 Å². The number of hydrogen-bond acceptors (Lipinski definition) is 4. The fourth-order valence-electron chi connectivity index (χ4n) is 2.31. The number of aliphatic hydroxyl groups is 1. The molecule has 0 radical (unpaired) electrons. The third-order valence-electron chi connectivity index (χ3n) is 3.26. The molecule has 1 aromatic heterocycles. The van der Waals surface area contributed by atoms with Crippen LogP contribution in [-0.2, 0) is 6.54 Å². The molecule has 6 heteroatoms. The second-order valence-electron chi connectivity index (χ2n) is 4.59. The summed E-state index contributed by atoms with van der Waals surface area (Å²) in [4.78, 5) is 0. The largest absolute Gasteiger partial charge is 0.493 e. The van der Waals surface area contributed by atoms with E-state index in [1.54, 1.807) is 43.3 Å². The van der Waals surface area contributed by atoms with E-state index < -0.39 is 6.10 Å². The van der Waals surface area contributed by atoms with E-state index >= 15 is 0 Å². The van der Waals surface area contributed by atoms with Gasteiger partial charge in [0.05, 0.1) is 31.1 Å². The lowest BCUT2D eigenvalue weighted by Gasteiger charge is -2.18. The van der Waals surface area contributed by atoms with E-state index in [1.807, 2.05) is 6.92 Å². The minimum atomic E-state index is -0.934. The number of aromatic nitrogens is 2. The van der Waals surface area contributed by atoms with Crippen molar-refractivity contribution in [1.29, 1.82) is 0 Å². The van der Waals surface area contributed by atoms with Crippen LogP contribution in [0.5, 0.6) is 11.5 Å². The highest BCUT2D eigenvalue weighted by Crippen LogP contribution is 2.38. The van der Waals surface area contributed by atoms with Gasteiger partial charge in [0.15, 0.2) is 11.5 Å². The Morgan fingerprint density at radius 3 is 2.71 bits per heavy atom. The molecule has 21 heavy (non-hydrogen) atoms. The minimum absolute atomic E-state index is 0.431. The van der Waals surface area contributed by atoms with Crippen LogP contribution in [0.3, 0.4) is 0 Å². The highest BCUT2D eigenvalue weighted by Gasteiger charge is 2.24. The average Bonchev–Trinajstić information content (AvgIpc) is 2.86. The first-order valence-corrected chi connectivity index (χ1v) is 7.12. The molecule has 1 heterocycles. The summed E-state index contributed by atoms with van der Waals surface area (Å²) in [6.45, 7) is 2.73. The number of halogens is 1. The van der Waals surface area contributed by atoms with Crippen molar-refractivity contribution >= 4 is 11.6 Å². The Morgan fingerprint density at radius 1 is 1.33 bits per heavy atom. The quantitative estimate of drug-likeness (QED) is 0.891. The number of para-hydroxylation sites is 1. The standard InChI is InChI=1S/C15H19ClN2O3/c1-4-8-18-13(11(16)9-17-18)14(19)10-6-5-7-12(20-2)15(10)21-3/h5-7,9,14,19H,4,8H2,1-3H3. The highest BCUT2D eigenvalue weighted by molar-refractivity contribution is 6.31. The van der Waals surface area contributed by atoms with Crippen molar-refractivity contribution in [2.75, 3.05) is 14.2 Å². The highest BCUT2D eigenvalue weighted by atomic mass is 35.5. The molecule has 1 atom stereocenters. The molecule has 0 saturated heterocycles. The first kappa shape index (κ1) is 15.7. The summed E-state index contributed by atoms with van der Waals surface area (Å²) >= 11 is 6.18. The molecule has 0 saturated carbocycles. The molecule has 0 aliphatic heterocycles. The van der Waals surface area contributed by atoms with Gasteiger partial charge in [-0.1, -0.05) is 30.7 Å². The molecule has 1 N–H and O–H groups in total. The number of aryl methyl sites for hydroxylation is 1. The van der Waals surface area contributed by atoms with Gasteiger partial charge in [0.1, 0.15) is 6.10 Å². The van der Waals surface area contributed by atoms with Gasteiger partial charge in [0, 0.05) is 12.1 Å². The summed E-state index contributed by atoms with van der Waals surface area (Å²) in [6, 6.07) is 5.36. The van der Waals surface area contributed by atoms with Crippen molar-refractivity contribution in [2.24, 2.45) is 0 Å². The predicted octanol–water partition coefficient (Wildman–Crippen LogP) is 3.05. The predicted molar refractivity (Wildman–Crippen MR) is 81.1 cm³/mol. The number of aliphatic hydroxyl groups excluding tert-OH is 1. The normalized spacial score (nSPS) is 12.2. The SMILES string of the molecule is CCCn1ncc(Cl)c1C(O)c1cccc(OC)c1OC. The molecule has 1 aromatic carbocycles. The summed E-state index contributed by atoms with van der Waals surface area (Å²) in [5.74, 6) is 1.06. The van der Waals surface area contributed by atoms with Crippen molar-refractivity contribution in [3.63, 3.8) is 0 Å². The fraction of sp³-hybridized carbons (Fsp3) is 0.400. The number of rotatable bonds is 6. The van der Waals surface area contributed by atoms with Crippen LogP contribution >= 0.6 is 11.6 Å². The molecule has 114 valence electrons. The Kier molecular flexibility index (Phi) is 5.09. The Balaban J connectivity index is 2.50. The zero-order valence-electron chi connectivity index (χ0n) is 12.3. The van der Waals surface area contributed by atoms with E-state index in [4.69, 9.17) is 21.1 Å². The first-order valence-electron chi connectivity index (χ1n) is 6.74. The summed E-state index contributed by atoms with van der Waals surface area (Å²) in [7, 11) is 3.10. The van der Waals surface area contributed by atoms with E-state index in [-0.39, 0.29) is 0 Å². The molecule has 0 fully saturated rings. The molecular weight excluding hydrogens is 292 g/mol. The van der Waals surface area contributed by atoms with Crippen LogP contribution in [-0.4, -0.2) is 29.1 Å². The van der Waals surface area contributed by atoms with Gasteiger partial charge in [-0.3, -0.25) is 4.68 Å². The second-order valence-corrected chi connectivity index (χ2v) is 4.99. The van der Waals surface area contributed by atoms with Crippen LogP contribution in [0.25, 0.3) is 0 Å². The number of hydrogen-bond donors (Lipinski definition) is 1. The maximum Gasteiger partial charge on any atom is 0.166 e. The fourth-order valence-corrected chi connectivity index (χ4v) is 2.55. The second kappa shape index (κ2) is 6.83. The van der Waals surface area contributed by atoms with Crippen LogP contribution in [0.2, 0.25) is 5.02 Å². The molecular formula is C15H19ClN2O3. The lowest BCUT2D eigenvalue weighted by Crippen LogP contribution is -2.11. The van der Waals surface area contributed by atoms with Crippen LogP contribution in [0.15, 0.2) is 24.4 Å². The Hall–Kier alpha value is -1.72. The summed E-state index contributed by atoms with van der Waals surface area (Å²) < 4.78 is 12.3. The first-order chi connectivity index (χ1) is 10.1. The van der Waals surface area contributed by atoms with Gasteiger partial charge >= 0.3 is 0 Å². The summed E-state index contributed by atoms with van der Waals surface area (Å²) in [6.07, 6.45) is 1.51. The van der Waals surface area contributed by atoms with E-state index in [2.05, 4.69) is 5.10 Å². The van der Waals surface area contributed by atoms with E-state index in [1.165, 1.54) is 0 Å². The molecule has 0 spiro atoms. The van der Waals surface area contributed by atoms with Crippen molar-refractivity contribution in [3.8, 4) is 11.5 Å². The molecule has 0 bridgehead atoms. The van der Waals surface area contributed by atoms with Gasteiger partial charge in [0.2, 0.25) is 0 Å². The molecule has 0 amide bonds. The summed E-state index contributed by atoms with van der Waals surface area (Å²) in [5.41, 5.74) is 1.15. The topological polar surface area (TPSA) is 56.5 Å². The molecule has 1 unspecified atom stereocenters. The van der Waals surface area contributed by atoms with Gasteiger partial charge in [-0.25, -0.2) is 0 Å². The zero-order valence-corrected chi connectivity index (χ0v) is 13.1. The number of methoxy groups -OCH3 is 2. The van der Waals surface area contributed by atoms with Gasteiger partial charge in [0.25, 0.3) is 0 Å². The molecule has 5 nitrogen and oxygen atoms in total. The maximum absolute atomic E-state index is 10.7. The van der Waals surface area contributed by atoms with Crippen LogP contribution in [0, 0.1) is 0 Å². The van der Waals surface area contributed by atoms with E-state index in [0.29, 0.717) is 34.3 Å². The van der Waals surface area contributed by atoms with Crippen molar-refractivity contribution in [3.05, 3.63) is 40.7 Å². The van der Waals surface area contributed by atoms with E-state index in [0.717, 1.165) is 6.42 Å². The Morgan fingerprint density at radius 2 is 2.10 bits per heavy atom. The van der Waals surface area contributed by atoms with Gasteiger partial charge in [-0.2, -0.15) is 5.10 Å². The monoisotopic (exact) mass is 310 g/mol. The lowest BCUT2D eigenvalue weighted by molar-refractivity contribution is 0.201. The van der Waals surface area contributed by atoms with Crippen LogP contribution in [0.1, 0.15) is 30.7 Å². The average molecular weight is 311 g/mol. The van der Waals surface area contributed by atoms with Gasteiger partial charge in [-0.05, 0) is 12.5 Å². The smallest absolute Gasteiger partial charge is 0.166 e. The van der Waals surface area contributed by atoms with Crippen LogP contribution in [0.4, 0.5) is 0 Å². The van der Waals surface area contributed by atoms with Gasteiger partial charge < -0.3 is 14.6 Å². The molecule has 0 aliphatic carbocycles. The third-order valence-corrected chi connectivity index (χ3v) is 3.55. The maximum atomic E-state index is 10.7. The van der Waals surface area contributed by atoms with E-state index in [9.17, 15) is 5.11 Å². The molecule has 2 rings (SSSR count). The van der Waals surface area contributed by atoms with Crippen molar-refractivity contribution in [1.82, 2.24) is 9.78 Å². The molecule has 0 aliphatic rings.